The van der Waals surface area contributed by atoms with E-state index in [1.54, 1.807) is 0 Å². The molecule has 0 bridgehead atoms. The molecule has 1 fully saturated rings. The summed E-state index contributed by atoms with van der Waals surface area (Å²) in [6.07, 6.45) is 1.75. The minimum absolute atomic E-state index is 0.0412. The van der Waals surface area contributed by atoms with Crippen LogP contribution in [0, 0.1) is 5.92 Å². The maximum Gasteiger partial charge on any atom is 0.306 e. The maximum absolute atomic E-state index is 12.1. The number of hydrogen-bond acceptors (Lipinski definition) is 5. The number of carbonyl (C=O) groups excluding carboxylic acids is 1. The Morgan fingerprint density at radius 2 is 2.05 bits per heavy atom. The molecule has 0 radical (unpaired) electrons. The van der Waals surface area contributed by atoms with Crippen LogP contribution in [0.15, 0.2) is 0 Å². The first kappa shape index (κ1) is 17.4. The van der Waals surface area contributed by atoms with Crippen LogP contribution < -0.4 is 4.72 Å². The molecule has 0 aromatic carbocycles. The van der Waals surface area contributed by atoms with E-state index < -0.39 is 16.2 Å². The summed E-state index contributed by atoms with van der Waals surface area (Å²) in [5.74, 6) is -0.142. The van der Waals surface area contributed by atoms with Crippen LogP contribution in [-0.4, -0.2) is 58.7 Å². The zero-order valence-electron chi connectivity index (χ0n) is 12.3. The first-order chi connectivity index (χ1) is 9.36. The molecule has 0 spiro atoms. The van der Waals surface area contributed by atoms with Crippen molar-refractivity contribution in [3.05, 3.63) is 0 Å². The highest BCUT2D eigenvalue weighted by Crippen LogP contribution is 2.19. The van der Waals surface area contributed by atoms with E-state index in [2.05, 4.69) is 9.46 Å². The second-order valence-electron chi connectivity index (χ2n) is 5.01. The predicted molar refractivity (Wildman–Crippen MR) is 74.3 cm³/mol. The summed E-state index contributed by atoms with van der Waals surface area (Å²) in [5, 5.41) is 0. The van der Waals surface area contributed by atoms with Gasteiger partial charge in [0.25, 0.3) is 10.2 Å². The van der Waals surface area contributed by atoms with E-state index >= 15 is 0 Å². The number of nitrogens with one attached hydrogen (secondary N) is 1. The van der Waals surface area contributed by atoms with Crippen molar-refractivity contribution in [2.45, 2.75) is 32.2 Å². The molecule has 0 saturated carbocycles. The molecule has 0 aromatic rings. The molecule has 1 aliphatic rings. The molecule has 0 amide bonds. The van der Waals surface area contributed by atoms with Crippen LogP contribution in [0.5, 0.6) is 0 Å². The average Bonchev–Trinajstić information content (AvgIpc) is 2.44. The minimum Gasteiger partial charge on any atom is -0.469 e. The molecule has 1 heterocycles. The molecule has 0 aliphatic carbocycles. The van der Waals surface area contributed by atoms with Gasteiger partial charge in [0.05, 0.1) is 13.5 Å². The Morgan fingerprint density at radius 1 is 1.45 bits per heavy atom. The second-order valence-corrected chi connectivity index (χ2v) is 6.82. The molecule has 1 saturated heterocycles. The highest BCUT2D eigenvalue weighted by molar-refractivity contribution is 7.87. The van der Waals surface area contributed by atoms with Crippen LogP contribution in [0.4, 0.5) is 0 Å². The van der Waals surface area contributed by atoms with Gasteiger partial charge in [-0.15, -0.1) is 0 Å². The number of ether oxygens (including phenoxy) is 2. The molecule has 1 atom stereocenters. The molecule has 8 heteroatoms. The number of methoxy groups -OCH3 is 1. The van der Waals surface area contributed by atoms with Crippen molar-refractivity contribution >= 4 is 16.2 Å². The van der Waals surface area contributed by atoms with Gasteiger partial charge in [-0.1, -0.05) is 0 Å². The summed E-state index contributed by atoms with van der Waals surface area (Å²) in [4.78, 5) is 11.0. The Hall–Kier alpha value is -0.700. The number of nitrogens with zero attached hydrogens (tertiary/aromatic N) is 1. The molecule has 1 N–H and O–H groups in total. The van der Waals surface area contributed by atoms with Crippen LogP contribution >= 0.6 is 0 Å². The average molecular weight is 308 g/mol. The molecule has 1 aliphatic heterocycles. The first-order valence-corrected chi connectivity index (χ1v) is 8.19. The van der Waals surface area contributed by atoms with E-state index in [1.165, 1.54) is 14.2 Å². The zero-order valence-corrected chi connectivity index (χ0v) is 13.1. The van der Waals surface area contributed by atoms with Crippen LogP contribution in [0.25, 0.3) is 0 Å². The standard InChI is InChI=1S/C12H24N2O5S/c1-10(11-5-8-19-9-6-11)13-20(16,17)14(2)7-4-12(15)18-3/h10-11,13H,4-9H2,1-3H3. The van der Waals surface area contributed by atoms with E-state index in [-0.39, 0.29) is 24.9 Å². The van der Waals surface area contributed by atoms with E-state index in [9.17, 15) is 13.2 Å². The molecular weight excluding hydrogens is 284 g/mol. The molecular formula is C12H24N2O5S. The summed E-state index contributed by atoms with van der Waals surface area (Å²) in [5.41, 5.74) is 0. The van der Waals surface area contributed by atoms with Gasteiger partial charge in [-0.2, -0.15) is 17.4 Å². The molecule has 1 unspecified atom stereocenters. The van der Waals surface area contributed by atoms with Gasteiger partial charge in [-0.05, 0) is 25.7 Å². The van der Waals surface area contributed by atoms with E-state index in [1.807, 2.05) is 6.92 Å². The fourth-order valence-corrected chi connectivity index (χ4v) is 3.28. The highest BCUT2D eigenvalue weighted by atomic mass is 32.2. The van der Waals surface area contributed by atoms with E-state index in [0.29, 0.717) is 13.2 Å². The molecule has 118 valence electrons. The summed E-state index contributed by atoms with van der Waals surface area (Å²) >= 11 is 0. The monoisotopic (exact) mass is 308 g/mol. The van der Waals surface area contributed by atoms with E-state index in [0.717, 1.165) is 17.1 Å². The smallest absolute Gasteiger partial charge is 0.306 e. The Bertz CT molecular complexity index is 406. The summed E-state index contributed by atoms with van der Waals surface area (Å²) in [6, 6.07) is -0.149. The lowest BCUT2D eigenvalue weighted by atomic mass is 9.94. The van der Waals surface area contributed by atoms with Crippen molar-refractivity contribution in [2.75, 3.05) is 33.9 Å². The number of rotatable bonds is 7. The van der Waals surface area contributed by atoms with Crippen molar-refractivity contribution in [1.29, 1.82) is 0 Å². The quantitative estimate of drug-likeness (QED) is 0.676. The van der Waals surface area contributed by atoms with Gasteiger partial charge in [0.1, 0.15) is 0 Å². The lowest BCUT2D eigenvalue weighted by Gasteiger charge is -2.29. The summed E-state index contributed by atoms with van der Waals surface area (Å²) < 4.78 is 37.8. The van der Waals surface area contributed by atoms with Gasteiger partial charge >= 0.3 is 5.97 Å². The summed E-state index contributed by atoms with van der Waals surface area (Å²) in [7, 11) is -0.852. The second kappa shape index (κ2) is 7.92. The third kappa shape index (κ3) is 5.35. The zero-order chi connectivity index (χ0) is 15.2. The van der Waals surface area contributed by atoms with E-state index in [4.69, 9.17) is 4.74 Å². The van der Waals surface area contributed by atoms with Crippen LogP contribution in [0.3, 0.4) is 0 Å². The number of hydrogen-bond donors (Lipinski definition) is 1. The van der Waals surface area contributed by atoms with Gasteiger partial charge in [0.2, 0.25) is 0 Å². The van der Waals surface area contributed by atoms with Crippen LogP contribution in [-0.2, 0) is 24.5 Å². The lowest BCUT2D eigenvalue weighted by Crippen LogP contribution is -2.46. The molecule has 7 nitrogen and oxygen atoms in total. The minimum atomic E-state index is -3.58. The predicted octanol–water partition coefficient (Wildman–Crippen LogP) is 0.131. The van der Waals surface area contributed by atoms with Crippen LogP contribution in [0.1, 0.15) is 26.2 Å². The SMILES string of the molecule is COC(=O)CCN(C)S(=O)(=O)NC(C)C1CCOCC1. The third-order valence-electron chi connectivity index (χ3n) is 3.58. The first-order valence-electron chi connectivity index (χ1n) is 6.75. The molecule has 1 rings (SSSR count). The Morgan fingerprint density at radius 3 is 2.60 bits per heavy atom. The van der Waals surface area contributed by atoms with Crippen LogP contribution in [0.2, 0.25) is 0 Å². The van der Waals surface area contributed by atoms with Gasteiger partial charge < -0.3 is 9.47 Å². The Labute approximate surface area is 120 Å². The topological polar surface area (TPSA) is 84.9 Å². The normalized spacial score (nSPS) is 19.0. The van der Waals surface area contributed by atoms with Gasteiger partial charge in [0.15, 0.2) is 0 Å². The fraction of sp³-hybridized carbons (Fsp3) is 0.917. The number of esters is 1. The van der Waals surface area contributed by atoms with Gasteiger partial charge in [-0.3, -0.25) is 4.79 Å². The molecule has 20 heavy (non-hydrogen) atoms. The molecule has 0 aromatic heterocycles. The largest absolute Gasteiger partial charge is 0.469 e. The van der Waals surface area contributed by atoms with Crippen molar-refractivity contribution in [3.63, 3.8) is 0 Å². The van der Waals surface area contributed by atoms with Crippen molar-refractivity contribution in [2.24, 2.45) is 5.92 Å². The maximum atomic E-state index is 12.1. The van der Waals surface area contributed by atoms with Crippen molar-refractivity contribution in [3.8, 4) is 0 Å². The summed E-state index contributed by atoms with van der Waals surface area (Å²) in [6.45, 7) is 3.31. The Balaban J connectivity index is 2.48. The fourth-order valence-electron chi connectivity index (χ4n) is 2.11. The van der Waals surface area contributed by atoms with Crippen molar-refractivity contribution < 1.29 is 22.7 Å². The van der Waals surface area contributed by atoms with Gasteiger partial charge in [-0.25, -0.2) is 0 Å². The third-order valence-corrected chi connectivity index (χ3v) is 5.25. The Kier molecular flexibility index (Phi) is 6.87. The van der Waals surface area contributed by atoms with Crippen molar-refractivity contribution in [1.82, 2.24) is 9.03 Å². The highest BCUT2D eigenvalue weighted by Gasteiger charge is 2.26. The number of carbonyl (C=O) groups is 1. The van der Waals surface area contributed by atoms with Gasteiger partial charge in [0, 0.05) is 32.8 Å². The lowest BCUT2D eigenvalue weighted by molar-refractivity contribution is -0.140.